The highest BCUT2D eigenvalue weighted by Crippen LogP contribution is 2.10. The Morgan fingerprint density at radius 3 is 2.83 bits per heavy atom. The van der Waals surface area contributed by atoms with Gasteiger partial charge in [-0.1, -0.05) is 30.3 Å². The molecule has 126 valence electrons. The molecular weight excluding hydrogens is 296 g/mol. The fourth-order valence-corrected chi connectivity index (χ4v) is 2.41. The number of nitrogens with zero attached hydrogens (tertiary/aromatic N) is 1. The van der Waals surface area contributed by atoms with Crippen molar-refractivity contribution in [2.45, 2.75) is 25.6 Å². The quantitative estimate of drug-likeness (QED) is 0.690. The number of hydrogen-bond acceptors (Lipinski definition) is 4. The third-order valence-electron chi connectivity index (χ3n) is 3.74. The van der Waals surface area contributed by atoms with Crippen molar-refractivity contribution < 1.29 is 14.3 Å². The van der Waals surface area contributed by atoms with Crippen LogP contribution in [-0.4, -0.2) is 55.2 Å². The van der Waals surface area contributed by atoms with Gasteiger partial charge in [0.15, 0.2) is 0 Å². The molecule has 1 aromatic carbocycles. The molecule has 2 atom stereocenters. The van der Waals surface area contributed by atoms with Crippen LogP contribution in [0.3, 0.4) is 0 Å². The molecule has 2 rings (SSSR count). The zero-order chi connectivity index (χ0) is 16.7. The normalized spacial score (nSPS) is 19.8. The van der Waals surface area contributed by atoms with E-state index in [0.29, 0.717) is 13.2 Å². The van der Waals surface area contributed by atoms with Gasteiger partial charge in [-0.15, -0.1) is 0 Å². The Balaban J connectivity index is 1.73. The van der Waals surface area contributed by atoms with Crippen LogP contribution in [0.25, 0.3) is 0 Å². The summed E-state index contributed by atoms with van der Waals surface area (Å²) in [6.07, 6.45) is -0.0675. The van der Waals surface area contributed by atoms with E-state index in [4.69, 9.17) is 10.5 Å². The summed E-state index contributed by atoms with van der Waals surface area (Å²) in [4.78, 5) is 24.9. The molecule has 0 aliphatic carbocycles. The topological polar surface area (TPSA) is 96.7 Å². The first kappa shape index (κ1) is 17.2. The van der Waals surface area contributed by atoms with Crippen LogP contribution >= 0.6 is 0 Å². The maximum Gasteiger partial charge on any atom is 0.315 e. The minimum atomic E-state index is -0.697. The summed E-state index contributed by atoms with van der Waals surface area (Å²) in [6, 6.07) is 9.14. The lowest BCUT2D eigenvalue weighted by molar-refractivity contribution is -0.119. The van der Waals surface area contributed by atoms with Crippen molar-refractivity contribution in [3.8, 4) is 0 Å². The van der Waals surface area contributed by atoms with Gasteiger partial charge in [-0.3, -0.25) is 9.69 Å². The average molecular weight is 320 g/mol. The van der Waals surface area contributed by atoms with Crippen molar-refractivity contribution in [2.24, 2.45) is 5.73 Å². The molecule has 0 bridgehead atoms. The Morgan fingerprint density at radius 2 is 2.13 bits per heavy atom. The number of rotatable bonds is 6. The number of primary amides is 1. The van der Waals surface area contributed by atoms with Crippen LogP contribution in [0.5, 0.6) is 0 Å². The smallest absolute Gasteiger partial charge is 0.315 e. The Bertz CT molecular complexity index is 523. The molecule has 3 amide bonds. The van der Waals surface area contributed by atoms with Crippen molar-refractivity contribution in [1.82, 2.24) is 15.5 Å². The van der Waals surface area contributed by atoms with Crippen LogP contribution in [0.1, 0.15) is 12.5 Å². The highest BCUT2D eigenvalue weighted by Gasteiger charge is 2.21. The Labute approximate surface area is 136 Å². The van der Waals surface area contributed by atoms with Gasteiger partial charge in [-0.05, 0) is 12.5 Å². The van der Waals surface area contributed by atoms with Crippen LogP contribution in [0.2, 0.25) is 0 Å². The third kappa shape index (κ3) is 5.88. The van der Waals surface area contributed by atoms with E-state index in [1.165, 1.54) is 5.56 Å². The summed E-state index contributed by atoms with van der Waals surface area (Å²) >= 11 is 0. The van der Waals surface area contributed by atoms with Crippen LogP contribution in [-0.2, 0) is 16.1 Å². The average Bonchev–Trinajstić information content (AvgIpc) is 2.54. The number of nitrogens with one attached hydrogen (secondary N) is 2. The molecule has 0 unspecified atom stereocenters. The largest absolute Gasteiger partial charge is 0.374 e. The summed E-state index contributed by atoms with van der Waals surface area (Å²) in [6.45, 7) is 5.06. The van der Waals surface area contributed by atoms with E-state index >= 15 is 0 Å². The first-order valence-corrected chi connectivity index (χ1v) is 7.76. The predicted octanol–water partition coefficient (Wildman–Crippen LogP) is 0.0604. The van der Waals surface area contributed by atoms with Crippen LogP contribution in [0.15, 0.2) is 30.3 Å². The molecule has 1 heterocycles. The van der Waals surface area contributed by atoms with E-state index in [1.807, 2.05) is 18.2 Å². The fraction of sp³-hybridized carbons (Fsp3) is 0.500. The summed E-state index contributed by atoms with van der Waals surface area (Å²) in [5.41, 5.74) is 6.36. The Morgan fingerprint density at radius 1 is 1.39 bits per heavy atom. The second kappa shape index (κ2) is 8.50. The molecular formula is C16H24N4O3. The number of carbonyl (C=O) groups is 2. The number of urea groups is 1. The van der Waals surface area contributed by atoms with Gasteiger partial charge in [0.1, 0.15) is 6.04 Å². The van der Waals surface area contributed by atoms with Gasteiger partial charge in [-0.25, -0.2) is 4.79 Å². The van der Waals surface area contributed by atoms with Gasteiger partial charge in [0, 0.05) is 26.2 Å². The molecule has 0 spiro atoms. The third-order valence-corrected chi connectivity index (χ3v) is 3.74. The highest BCUT2D eigenvalue weighted by atomic mass is 16.5. The number of nitrogens with two attached hydrogens (primary N) is 1. The minimum absolute atomic E-state index is 0.0675. The van der Waals surface area contributed by atoms with Crippen molar-refractivity contribution in [2.75, 3.05) is 26.2 Å². The zero-order valence-electron chi connectivity index (χ0n) is 13.3. The van der Waals surface area contributed by atoms with E-state index in [-0.39, 0.29) is 6.10 Å². The summed E-state index contributed by atoms with van der Waals surface area (Å²) in [5.74, 6) is -0.567. The number of benzene rings is 1. The number of amides is 3. The fourth-order valence-electron chi connectivity index (χ4n) is 2.41. The summed E-state index contributed by atoms with van der Waals surface area (Å²) < 4.78 is 5.67. The van der Waals surface area contributed by atoms with Crippen molar-refractivity contribution in [3.63, 3.8) is 0 Å². The van der Waals surface area contributed by atoms with Crippen molar-refractivity contribution >= 4 is 11.9 Å². The van der Waals surface area contributed by atoms with Crippen LogP contribution in [0, 0.1) is 0 Å². The number of morpholine rings is 1. The number of hydrogen-bond donors (Lipinski definition) is 3. The minimum Gasteiger partial charge on any atom is -0.374 e. The van der Waals surface area contributed by atoms with Gasteiger partial charge in [-0.2, -0.15) is 0 Å². The molecule has 1 aliphatic heterocycles. The molecule has 0 aromatic heterocycles. The Hall–Kier alpha value is -2.12. The first-order chi connectivity index (χ1) is 11.0. The second-order valence-electron chi connectivity index (χ2n) is 5.69. The molecule has 23 heavy (non-hydrogen) atoms. The summed E-state index contributed by atoms with van der Waals surface area (Å²) in [5, 5.41) is 5.19. The monoisotopic (exact) mass is 320 g/mol. The van der Waals surface area contributed by atoms with E-state index in [0.717, 1.165) is 19.6 Å². The lowest BCUT2D eigenvalue weighted by Crippen LogP contribution is -2.51. The van der Waals surface area contributed by atoms with Crippen molar-refractivity contribution in [3.05, 3.63) is 35.9 Å². The van der Waals surface area contributed by atoms with Crippen molar-refractivity contribution in [1.29, 1.82) is 0 Å². The van der Waals surface area contributed by atoms with E-state index < -0.39 is 18.0 Å². The molecule has 7 heteroatoms. The molecule has 4 N–H and O–H groups in total. The maximum absolute atomic E-state index is 11.7. The highest BCUT2D eigenvalue weighted by molar-refractivity contribution is 5.85. The first-order valence-electron chi connectivity index (χ1n) is 7.76. The summed E-state index contributed by atoms with van der Waals surface area (Å²) in [7, 11) is 0. The maximum atomic E-state index is 11.7. The molecule has 7 nitrogen and oxygen atoms in total. The molecule has 1 fully saturated rings. The zero-order valence-corrected chi connectivity index (χ0v) is 13.3. The molecule has 1 saturated heterocycles. The lowest BCUT2D eigenvalue weighted by atomic mass is 10.2. The lowest BCUT2D eigenvalue weighted by Gasteiger charge is -2.33. The standard InChI is InChI=1S/C16H24N4O3/c1-12(15(17)21)19-16(22)18-9-14-11-20(7-8-23-14)10-13-5-3-2-4-6-13/h2-6,12,14H,7-11H2,1H3,(H2,17,21)(H2,18,19,22)/t12-,14-/m1/s1. The SMILES string of the molecule is C[C@@H](NC(=O)NC[C@@H]1CN(Cc2ccccc2)CCO1)C(N)=O. The second-order valence-corrected chi connectivity index (χ2v) is 5.69. The van der Waals surface area contributed by atoms with Gasteiger partial charge in [0.25, 0.3) is 0 Å². The van der Waals surface area contributed by atoms with E-state index in [2.05, 4.69) is 27.7 Å². The predicted molar refractivity (Wildman–Crippen MR) is 86.6 cm³/mol. The van der Waals surface area contributed by atoms with Crippen LogP contribution < -0.4 is 16.4 Å². The molecule has 1 aliphatic rings. The number of ether oxygens (including phenoxy) is 1. The van der Waals surface area contributed by atoms with Gasteiger partial charge in [0.2, 0.25) is 5.91 Å². The van der Waals surface area contributed by atoms with Crippen LogP contribution in [0.4, 0.5) is 4.79 Å². The molecule has 0 saturated carbocycles. The molecule has 0 radical (unpaired) electrons. The van der Waals surface area contributed by atoms with E-state index in [1.54, 1.807) is 6.92 Å². The van der Waals surface area contributed by atoms with Gasteiger partial charge >= 0.3 is 6.03 Å². The van der Waals surface area contributed by atoms with Gasteiger partial charge < -0.3 is 21.1 Å². The molecule has 1 aromatic rings. The van der Waals surface area contributed by atoms with E-state index in [9.17, 15) is 9.59 Å². The number of carbonyl (C=O) groups excluding carboxylic acids is 2. The Kier molecular flexibility index (Phi) is 6.37. The van der Waals surface area contributed by atoms with Gasteiger partial charge in [0.05, 0.1) is 12.7 Å².